The second-order valence-corrected chi connectivity index (χ2v) is 8.07. The molecule has 3 heterocycles. The van der Waals surface area contributed by atoms with Gasteiger partial charge in [0.15, 0.2) is 0 Å². The number of hydrogen-bond donors (Lipinski definition) is 1. The van der Waals surface area contributed by atoms with E-state index in [9.17, 15) is 13.2 Å². The van der Waals surface area contributed by atoms with Crippen molar-refractivity contribution in [1.82, 2.24) is 19.7 Å². The van der Waals surface area contributed by atoms with Crippen LogP contribution in [0.2, 0.25) is 0 Å². The third-order valence-electron chi connectivity index (χ3n) is 5.02. The summed E-state index contributed by atoms with van der Waals surface area (Å²) in [6.07, 6.45) is 4.91. The lowest BCUT2D eigenvalue weighted by molar-refractivity contribution is -0.0883. The number of anilines is 1. The number of ether oxygens (including phenoxy) is 1. The molecule has 0 fully saturated rings. The standard InChI is InChI=1S/C24H30F3N5O/c1-5-8-17(14-18(9-6-2)24(25,26)27)20-15-21-19(10-7-13-32(21)31-20)29-23-28-12-11-22(30-23)33-16(3)4/h5,8-9,11-12,14-16,19H,6-7,10,13H2,1-4H3,(H,28,29,30)/b8-5-,17-14+,18-9-. The molecule has 1 aliphatic rings. The quantitative estimate of drug-likeness (QED) is 0.470. The molecule has 0 spiro atoms. The molecule has 2 aromatic heterocycles. The van der Waals surface area contributed by atoms with Crippen molar-refractivity contribution < 1.29 is 17.9 Å². The molecular weight excluding hydrogens is 431 g/mol. The molecule has 0 saturated carbocycles. The summed E-state index contributed by atoms with van der Waals surface area (Å²) in [6, 6.07) is 3.43. The molecule has 0 saturated heterocycles. The number of hydrogen-bond acceptors (Lipinski definition) is 5. The van der Waals surface area contributed by atoms with E-state index in [1.165, 1.54) is 6.08 Å². The molecule has 2 aromatic rings. The minimum Gasteiger partial charge on any atom is -0.475 e. The highest BCUT2D eigenvalue weighted by Crippen LogP contribution is 2.33. The van der Waals surface area contributed by atoms with Crippen molar-refractivity contribution in [2.45, 2.75) is 71.8 Å². The Kier molecular flexibility index (Phi) is 7.94. The van der Waals surface area contributed by atoms with Gasteiger partial charge in [-0.3, -0.25) is 4.68 Å². The zero-order chi connectivity index (χ0) is 24.0. The maximum Gasteiger partial charge on any atom is 0.416 e. The van der Waals surface area contributed by atoms with Crippen LogP contribution >= 0.6 is 0 Å². The fraction of sp³-hybridized carbons (Fsp3) is 0.458. The van der Waals surface area contributed by atoms with E-state index in [-0.39, 0.29) is 12.1 Å². The number of nitrogens with one attached hydrogen (secondary N) is 1. The van der Waals surface area contributed by atoms with Crippen molar-refractivity contribution in [2.75, 3.05) is 5.32 Å². The number of allylic oxidation sites excluding steroid dienone is 6. The van der Waals surface area contributed by atoms with Crippen LogP contribution in [-0.2, 0) is 6.54 Å². The summed E-state index contributed by atoms with van der Waals surface area (Å²) in [5.41, 5.74) is 1.13. The monoisotopic (exact) mass is 461 g/mol. The zero-order valence-electron chi connectivity index (χ0n) is 19.4. The van der Waals surface area contributed by atoms with Crippen LogP contribution in [-0.4, -0.2) is 32.0 Å². The van der Waals surface area contributed by atoms with Gasteiger partial charge in [-0.15, -0.1) is 0 Å². The molecule has 9 heteroatoms. The zero-order valence-corrected chi connectivity index (χ0v) is 19.4. The molecule has 6 nitrogen and oxygen atoms in total. The number of aryl methyl sites for hydroxylation is 1. The van der Waals surface area contributed by atoms with Gasteiger partial charge < -0.3 is 10.1 Å². The van der Waals surface area contributed by atoms with E-state index >= 15 is 0 Å². The van der Waals surface area contributed by atoms with Crippen molar-refractivity contribution in [2.24, 2.45) is 0 Å². The third kappa shape index (κ3) is 6.46. The summed E-state index contributed by atoms with van der Waals surface area (Å²) < 4.78 is 47.9. The first kappa shape index (κ1) is 24.5. The molecule has 178 valence electrons. The van der Waals surface area contributed by atoms with E-state index in [0.29, 0.717) is 36.1 Å². The van der Waals surface area contributed by atoms with Crippen LogP contribution < -0.4 is 10.1 Å². The predicted molar refractivity (Wildman–Crippen MR) is 123 cm³/mol. The predicted octanol–water partition coefficient (Wildman–Crippen LogP) is 6.27. The summed E-state index contributed by atoms with van der Waals surface area (Å²) in [6.45, 7) is 8.00. The van der Waals surface area contributed by atoms with Crippen LogP contribution in [0.3, 0.4) is 0 Å². The molecule has 0 aliphatic carbocycles. The third-order valence-corrected chi connectivity index (χ3v) is 5.02. The fourth-order valence-corrected chi connectivity index (χ4v) is 3.68. The lowest BCUT2D eigenvalue weighted by Crippen LogP contribution is -2.22. The van der Waals surface area contributed by atoms with E-state index in [4.69, 9.17) is 4.74 Å². The van der Waals surface area contributed by atoms with Crippen LogP contribution in [0.1, 0.15) is 64.4 Å². The number of aromatic nitrogens is 4. The normalized spacial score (nSPS) is 17.5. The van der Waals surface area contributed by atoms with Gasteiger partial charge in [0.1, 0.15) is 0 Å². The van der Waals surface area contributed by atoms with Crippen molar-refractivity contribution in [3.63, 3.8) is 0 Å². The lowest BCUT2D eigenvalue weighted by atomic mass is 10.0. The van der Waals surface area contributed by atoms with Crippen molar-refractivity contribution in [1.29, 1.82) is 0 Å². The first-order chi connectivity index (χ1) is 15.7. The van der Waals surface area contributed by atoms with Gasteiger partial charge in [-0.1, -0.05) is 25.2 Å². The number of halogens is 3. The van der Waals surface area contributed by atoms with E-state index in [2.05, 4.69) is 20.4 Å². The summed E-state index contributed by atoms with van der Waals surface area (Å²) in [5, 5.41) is 7.94. The van der Waals surface area contributed by atoms with Gasteiger partial charge in [0, 0.05) is 24.4 Å². The Morgan fingerprint density at radius 2 is 2.15 bits per heavy atom. The Bertz CT molecular complexity index is 1040. The Morgan fingerprint density at radius 1 is 1.36 bits per heavy atom. The maximum absolute atomic E-state index is 13.5. The smallest absolute Gasteiger partial charge is 0.416 e. The highest BCUT2D eigenvalue weighted by atomic mass is 19.4. The van der Waals surface area contributed by atoms with Gasteiger partial charge in [0.25, 0.3) is 0 Å². The molecule has 1 unspecified atom stereocenters. The lowest BCUT2D eigenvalue weighted by Gasteiger charge is -2.24. The molecule has 0 aromatic carbocycles. The fourth-order valence-electron chi connectivity index (χ4n) is 3.68. The average Bonchev–Trinajstić information content (AvgIpc) is 3.17. The Morgan fingerprint density at radius 3 is 2.82 bits per heavy atom. The van der Waals surface area contributed by atoms with Crippen LogP contribution in [0.4, 0.5) is 19.1 Å². The Balaban J connectivity index is 1.92. The van der Waals surface area contributed by atoms with E-state index in [1.54, 1.807) is 38.3 Å². The minimum absolute atomic E-state index is 0.00778. The van der Waals surface area contributed by atoms with Crippen molar-refractivity contribution >= 4 is 11.5 Å². The van der Waals surface area contributed by atoms with Crippen LogP contribution in [0.25, 0.3) is 5.57 Å². The highest BCUT2D eigenvalue weighted by molar-refractivity contribution is 5.74. The van der Waals surface area contributed by atoms with Gasteiger partial charge in [0.05, 0.1) is 29.1 Å². The number of rotatable bonds is 8. The molecule has 0 radical (unpaired) electrons. The van der Waals surface area contributed by atoms with Crippen LogP contribution in [0, 0.1) is 0 Å². The summed E-state index contributed by atoms with van der Waals surface area (Å²) in [5.74, 6) is 0.914. The first-order valence-corrected chi connectivity index (χ1v) is 11.2. The minimum atomic E-state index is -4.42. The van der Waals surface area contributed by atoms with Gasteiger partial charge >= 0.3 is 6.18 Å². The Labute approximate surface area is 192 Å². The van der Waals surface area contributed by atoms with Gasteiger partial charge in [-0.25, -0.2) is 4.98 Å². The molecule has 1 atom stereocenters. The SMILES string of the molecule is C\C=C/C(=C\C(=C\CC)C(F)(F)F)c1cc2n(n1)CCCC2Nc1nccc(OC(C)C)n1. The molecule has 0 amide bonds. The summed E-state index contributed by atoms with van der Waals surface area (Å²) in [4.78, 5) is 8.69. The molecular formula is C24H30F3N5O. The van der Waals surface area contributed by atoms with Crippen molar-refractivity contribution in [3.8, 4) is 5.88 Å². The number of fused-ring (bicyclic) bond motifs is 1. The number of nitrogens with zero attached hydrogens (tertiary/aromatic N) is 4. The van der Waals surface area contributed by atoms with Gasteiger partial charge in [-0.2, -0.15) is 23.3 Å². The van der Waals surface area contributed by atoms with Crippen molar-refractivity contribution in [3.05, 3.63) is 59.6 Å². The molecule has 1 aliphatic heterocycles. The topological polar surface area (TPSA) is 64.9 Å². The second kappa shape index (κ2) is 10.7. The average molecular weight is 462 g/mol. The molecule has 3 rings (SSSR count). The van der Waals surface area contributed by atoms with E-state index in [1.807, 2.05) is 24.6 Å². The molecule has 0 bridgehead atoms. The molecule has 33 heavy (non-hydrogen) atoms. The maximum atomic E-state index is 13.5. The summed E-state index contributed by atoms with van der Waals surface area (Å²) in [7, 11) is 0. The first-order valence-electron chi connectivity index (χ1n) is 11.2. The van der Waals surface area contributed by atoms with Gasteiger partial charge in [-0.05, 0) is 52.2 Å². The number of alkyl halides is 3. The second-order valence-electron chi connectivity index (χ2n) is 8.07. The van der Waals surface area contributed by atoms with Crippen LogP contribution in [0.15, 0.2) is 48.2 Å². The molecule has 1 N–H and O–H groups in total. The highest BCUT2D eigenvalue weighted by Gasteiger charge is 2.32. The van der Waals surface area contributed by atoms with Crippen LogP contribution in [0.5, 0.6) is 5.88 Å². The van der Waals surface area contributed by atoms with Gasteiger partial charge in [0.2, 0.25) is 11.8 Å². The van der Waals surface area contributed by atoms with E-state index < -0.39 is 11.7 Å². The summed E-state index contributed by atoms with van der Waals surface area (Å²) >= 11 is 0. The Hall–Kier alpha value is -3.10. The largest absolute Gasteiger partial charge is 0.475 e. The van der Waals surface area contributed by atoms with E-state index in [0.717, 1.165) is 24.6 Å².